The van der Waals surface area contributed by atoms with Crippen LogP contribution >= 0.6 is 0 Å². The zero-order valence-electron chi connectivity index (χ0n) is 29.1. The van der Waals surface area contributed by atoms with Crippen molar-refractivity contribution in [1.29, 1.82) is 0 Å². The van der Waals surface area contributed by atoms with Crippen molar-refractivity contribution >= 4 is 30.2 Å². The number of piperidine rings is 1. The molecule has 1 saturated heterocycles. The van der Waals surface area contributed by atoms with E-state index in [2.05, 4.69) is 23.3 Å². The van der Waals surface area contributed by atoms with Gasteiger partial charge < -0.3 is 22.2 Å². The third kappa shape index (κ3) is 8.66. The van der Waals surface area contributed by atoms with Gasteiger partial charge in [-0.3, -0.25) is 9.59 Å². The van der Waals surface area contributed by atoms with Gasteiger partial charge in [-0.1, -0.05) is 6.08 Å². The summed E-state index contributed by atoms with van der Waals surface area (Å²) in [5, 5.41) is 0. The molecule has 0 bridgehead atoms. The van der Waals surface area contributed by atoms with Gasteiger partial charge in [0.1, 0.15) is 36.4 Å². The van der Waals surface area contributed by atoms with Crippen LogP contribution in [0.1, 0.15) is 65.5 Å². The number of nitrogens with zero attached hydrogens (tertiary/aromatic N) is 2. The monoisotopic (exact) mass is 704 g/mol. The molecule has 1 aliphatic carbocycles. The minimum absolute atomic E-state index is 0.153. The quantitative estimate of drug-likeness (QED) is 0.0731. The van der Waals surface area contributed by atoms with Crippen LogP contribution in [0, 0.1) is 22.5 Å². The van der Waals surface area contributed by atoms with E-state index in [9.17, 15) is 35.6 Å². The number of hydrogen-bond donors (Lipinski definition) is 0. The first kappa shape index (κ1) is 38.8. The molecule has 0 radical (unpaired) electrons. The number of rotatable bonds is 7. The average Bonchev–Trinajstić information content (AvgIpc) is 3.06. The lowest BCUT2D eigenvalue weighted by atomic mass is 9.59. The van der Waals surface area contributed by atoms with Crippen LogP contribution in [0.25, 0.3) is 5.70 Å². The van der Waals surface area contributed by atoms with Gasteiger partial charge in [0, 0.05) is 48.8 Å². The number of allylic oxidation sites excluding steroid dienone is 3. The summed E-state index contributed by atoms with van der Waals surface area (Å²) in [4.78, 5) is 40.7. The van der Waals surface area contributed by atoms with Gasteiger partial charge in [0.05, 0.1) is 10.8 Å². The third-order valence-electron chi connectivity index (χ3n) is 9.49. The minimum Gasteiger partial charge on any atom is -0.418 e. The van der Waals surface area contributed by atoms with Crippen molar-refractivity contribution in [2.24, 2.45) is 10.8 Å². The zero-order valence-corrected chi connectivity index (χ0v) is 29.1. The van der Waals surface area contributed by atoms with Gasteiger partial charge in [0.25, 0.3) is 0 Å². The molecule has 1 saturated carbocycles. The molecule has 1 unspecified atom stereocenters. The smallest absolute Gasteiger partial charge is 0.418 e. The second kappa shape index (κ2) is 15.1. The molecule has 2 heterocycles. The molecule has 3 aliphatic rings. The first-order valence-corrected chi connectivity index (χ1v) is 16.6. The Bertz CT molecular complexity index is 1680. The van der Waals surface area contributed by atoms with Crippen LogP contribution in [-0.2, 0) is 19.4 Å². The molecule has 2 fully saturated rings. The first-order chi connectivity index (χ1) is 23.3. The molecule has 1 atom stereocenters. The maximum absolute atomic E-state index is 13.9. The van der Waals surface area contributed by atoms with E-state index in [1.54, 1.807) is 52.0 Å². The predicted molar refractivity (Wildman–Crippen MR) is 181 cm³/mol. The lowest BCUT2D eigenvalue weighted by molar-refractivity contribution is -0.554. The molecule has 50 heavy (non-hydrogen) atoms. The number of carbonyl (C=O) groups is 2. The second-order valence-electron chi connectivity index (χ2n) is 13.7. The molecule has 5 rings (SSSR count). The molecule has 2 aromatic rings. The Balaban J connectivity index is 0.00000105. The van der Waals surface area contributed by atoms with Gasteiger partial charge in [-0.15, -0.1) is 0 Å². The highest BCUT2D eigenvalue weighted by Gasteiger charge is 2.60. The number of benzene rings is 2. The third-order valence-corrected chi connectivity index (χ3v) is 9.49. The predicted octanol–water partition coefficient (Wildman–Crippen LogP) is 8.00. The Morgan fingerprint density at radius 3 is 1.88 bits per heavy atom. The molecular formula is C37H43BF6N2O4. The fraction of sp³-hybridized carbons (Fsp3) is 0.432. The number of carbonyl (C=O) groups excluding carboxylic acids is 2. The van der Waals surface area contributed by atoms with Crippen LogP contribution in [-0.4, -0.2) is 71.9 Å². The summed E-state index contributed by atoms with van der Waals surface area (Å²) in [6, 6.07) is 12.9. The van der Waals surface area contributed by atoms with E-state index >= 15 is 0 Å². The highest BCUT2D eigenvalue weighted by molar-refractivity contribution is 6.50. The van der Waals surface area contributed by atoms with Gasteiger partial charge in [0.15, 0.2) is 11.6 Å². The first-order valence-electron chi connectivity index (χ1n) is 16.6. The van der Waals surface area contributed by atoms with Crippen molar-refractivity contribution in [2.75, 3.05) is 26.2 Å². The molecule has 6 nitrogen and oxygen atoms in total. The van der Waals surface area contributed by atoms with Crippen LogP contribution in [0.5, 0.6) is 0 Å². The number of fused-ring (bicyclic) bond motifs is 1. The van der Waals surface area contributed by atoms with Crippen LogP contribution in [0.4, 0.5) is 26.0 Å². The Kier molecular flexibility index (Phi) is 11.7. The van der Waals surface area contributed by atoms with E-state index in [1.807, 2.05) is 24.3 Å². The van der Waals surface area contributed by atoms with Gasteiger partial charge >= 0.3 is 7.25 Å². The normalized spacial score (nSPS) is 23.3. The maximum Gasteiger partial charge on any atom is 0.673 e. The largest absolute Gasteiger partial charge is 0.673 e. The number of ketones is 2. The highest BCUT2D eigenvalue weighted by Crippen LogP contribution is 2.48. The van der Waals surface area contributed by atoms with Gasteiger partial charge in [-0.2, -0.15) is 0 Å². The fourth-order valence-corrected chi connectivity index (χ4v) is 6.82. The summed E-state index contributed by atoms with van der Waals surface area (Å²) < 4.78 is 68.8. The van der Waals surface area contributed by atoms with E-state index in [0.29, 0.717) is 31.5 Å². The summed E-state index contributed by atoms with van der Waals surface area (Å²) in [7, 11) is -6.00. The Labute approximate surface area is 289 Å². The molecule has 13 heteroatoms. The zero-order chi connectivity index (χ0) is 37.1. The highest BCUT2D eigenvalue weighted by atomic mass is 19.5. The molecule has 0 aromatic heterocycles. The molecule has 0 amide bonds. The van der Waals surface area contributed by atoms with E-state index in [-0.39, 0.29) is 23.2 Å². The molecule has 270 valence electrons. The average molecular weight is 705 g/mol. The molecule has 2 aliphatic heterocycles. The van der Waals surface area contributed by atoms with Crippen molar-refractivity contribution in [1.82, 2.24) is 4.90 Å². The SMILES string of the molecule is CCN(CC)/C(=C/C=C/C(c1ccc(F)cc1)=[N+]1CCC2(C=C3C(=O)C(C)(C)C(=O)C(C)(C)C3OO2)CC1)c1ccc(F)cc1.F[B-](F)(F)F. The maximum atomic E-state index is 13.9. The Morgan fingerprint density at radius 1 is 0.880 bits per heavy atom. The molecule has 0 N–H and O–H groups in total. The lowest BCUT2D eigenvalue weighted by Crippen LogP contribution is -2.60. The summed E-state index contributed by atoms with van der Waals surface area (Å²) in [5.41, 5.74) is 1.37. The van der Waals surface area contributed by atoms with E-state index in [4.69, 9.17) is 9.78 Å². The molecule has 2 aromatic carbocycles. The van der Waals surface area contributed by atoms with E-state index < -0.39 is 29.8 Å². The fourth-order valence-electron chi connectivity index (χ4n) is 6.82. The van der Waals surface area contributed by atoms with Crippen molar-refractivity contribution < 1.29 is 50.0 Å². The Morgan fingerprint density at radius 2 is 1.38 bits per heavy atom. The van der Waals surface area contributed by atoms with Crippen molar-refractivity contribution in [3.8, 4) is 0 Å². The van der Waals surface area contributed by atoms with Crippen LogP contribution < -0.4 is 0 Å². The number of Topliss-reactive ketones (excluding diaryl/α,β-unsaturated/α-hetero) is 2. The number of hydrogen-bond acceptors (Lipinski definition) is 5. The van der Waals surface area contributed by atoms with Crippen molar-refractivity contribution in [3.05, 3.63) is 101 Å². The summed E-state index contributed by atoms with van der Waals surface area (Å²) >= 11 is 0. The summed E-state index contributed by atoms with van der Waals surface area (Å²) in [6.07, 6.45) is 8.30. The number of halogens is 6. The van der Waals surface area contributed by atoms with Gasteiger partial charge in [-0.05, 0) is 108 Å². The summed E-state index contributed by atoms with van der Waals surface area (Å²) in [6.45, 7) is 13.9. The van der Waals surface area contributed by atoms with Crippen molar-refractivity contribution in [2.45, 2.75) is 66.1 Å². The van der Waals surface area contributed by atoms with Crippen LogP contribution in [0.15, 0.2) is 78.4 Å². The van der Waals surface area contributed by atoms with Gasteiger partial charge in [0.2, 0.25) is 5.71 Å². The second-order valence-corrected chi connectivity index (χ2v) is 13.7. The van der Waals surface area contributed by atoms with Gasteiger partial charge in [-0.25, -0.2) is 23.1 Å². The summed E-state index contributed by atoms with van der Waals surface area (Å²) in [5.74, 6) is -0.953. The van der Waals surface area contributed by atoms with Crippen LogP contribution in [0.2, 0.25) is 0 Å². The van der Waals surface area contributed by atoms with E-state index in [0.717, 1.165) is 35.6 Å². The lowest BCUT2D eigenvalue weighted by Gasteiger charge is -2.48. The minimum atomic E-state index is -6.00. The van der Waals surface area contributed by atoms with E-state index in [1.165, 1.54) is 24.3 Å². The standard InChI is InChI=1S/C37H43F2N2O4.BF4/c1-7-40(8-2)30(25-12-16-27(38)17-13-25)10-9-11-31(26-14-18-28(39)19-15-26)41-22-20-37(21-23-41)24-29-32(42)35(3,4)34(43)36(5,6)33(29)44-45-37;2-1(3,4)5/h9-19,24,33H,7-8,20-23H2,1-6H3;/q+1;-1. The van der Waals surface area contributed by atoms with Crippen molar-refractivity contribution in [3.63, 3.8) is 0 Å². The van der Waals surface area contributed by atoms with Crippen LogP contribution in [0.3, 0.4) is 0 Å². The molecular weight excluding hydrogens is 661 g/mol. The Hall–Kier alpha value is -3.97. The topological polar surface area (TPSA) is 58.9 Å². The molecule has 1 spiro atoms.